The quantitative estimate of drug-likeness (QED) is 0.385. The molecule has 36 heavy (non-hydrogen) atoms. The Morgan fingerprint density at radius 2 is 1.83 bits per heavy atom. The number of nitrogens with one attached hydrogen (secondary N) is 2. The molecule has 0 atom stereocenters. The number of ether oxygens (including phenoxy) is 1. The van der Waals surface area contributed by atoms with Crippen molar-refractivity contribution < 1.29 is 13.2 Å². The van der Waals surface area contributed by atoms with E-state index in [-0.39, 0.29) is 19.4 Å². The molecule has 0 spiro atoms. The number of hydrogen-bond donors (Lipinski definition) is 2. The summed E-state index contributed by atoms with van der Waals surface area (Å²) in [7, 11) is -1.67. The number of thiophene rings is 1. The largest absolute Gasteiger partial charge is 0.496 e. The van der Waals surface area contributed by atoms with Crippen LogP contribution < -0.4 is 20.7 Å². The smallest absolute Gasteiger partial charge is 0.332 e. The maximum Gasteiger partial charge on any atom is 0.332 e. The molecule has 8 nitrogen and oxygen atoms in total. The summed E-state index contributed by atoms with van der Waals surface area (Å²) in [5.74, 6) is 0.702. The summed E-state index contributed by atoms with van der Waals surface area (Å²) in [5.41, 5.74) is 2.84. The molecule has 192 valence electrons. The minimum Gasteiger partial charge on any atom is -0.496 e. The van der Waals surface area contributed by atoms with E-state index in [1.807, 2.05) is 35.7 Å². The van der Waals surface area contributed by atoms with Crippen molar-refractivity contribution >= 4 is 31.4 Å². The zero-order valence-electron chi connectivity index (χ0n) is 20.1. The van der Waals surface area contributed by atoms with Gasteiger partial charge in [-0.1, -0.05) is 40.3 Å². The van der Waals surface area contributed by atoms with Crippen molar-refractivity contribution in [1.29, 1.82) is 0 Å². The molecule has 10 heteroatoms. The van der Waals surface area contributed by atoms with Crippen molar-refractivity contribution in [3.8, 4) is 22.6 Å². The van der Waals surface area contributed by atoms with E-state index in [4.69, 9.17) is 4.74 Å². The number of benzene rings is 2. The van der Waals surface area contributed by atoms with Crippen LogP contribution in [0, 0.1) is 0 Å². The molecule has 0 saturated heterocycles. The van der Waals surface area contributed by atoms with Gasteiger partial charge >= 0.3 is 5.69 Å². The molecule has 0 aliphatic rings. The fourth-order valence-corrected chi connectivity index (χ4v) is 5.38. The first-order chi connectivity index (χ1) is 16.4. The second-order valence-corrected chi connectivity index (χ2v) is 12.1. The SMILES string of the molecule is C.COc1c(-c2ccc3c(CNS(C)(=O)=O)csc3c2)cc(-n2ccc(=O)[nH]c2=O)cc1C(C)(C)C. The lowest BCUT2D eigenvalue weighted by Gasteiger charge is -2.25. The lowest BCUT2D eigenvalue weighted by Crippen LogP contribution is -2.27. The van der Waals surface area contributed by atoms with Gasteiger partial charge in [0.05, 0.1) is 19.1 Å². The molecule has 0 aliphatic carbocycles. The maximum atomic E-state index is 12.5. The Bertz CT molecular complexity index is 1640. The summed E-state index contributed by atoms with van der Waals surface area (Å²) < 4.78 is 33.8. The van der Waals surface area contributed by atoms with E-state index in [2.05, 4.69) is 30.5 Å². The van der Waals surface area contributed by atoms with Crippen LogP contribution in [0.3, 0.4) is 0 Å². The van der Waals surface area contributed by atoms with Crippen molar-refractivity contribution in [1.82, 2.24) is 14.3 Å². The summed E-state index contributed by atoms with van der Waals surface area (Å²) in [4.78, 5) is 26.4. The molecule has 0 saturated carbocycles. The normalized spacial score (nSPS) is 11.9. The molecule has 4 rings (SSSR count). The van der Waals surface area contributed by atoms with Crippen LogP contribution in [-0.2, 0) is 22.0 Å². The van der Waals surface area contributed by atoms with Crippen molar-refractivity contribution in [2.24, 2.45) is 0 Å². The minimum absolute atomic E-state index is 0. The van der Waals surface area contributed by atoms with Gasteiger partial charge in [-0.15, -0.1) is 11.3 Å². The van der Waals surface area contributed by atoms with Gasteiger partial charge < -0.3 is 4.74 Å². The molecule has 0 unspecified atom stereocenters. The Morgan fingerprint density at radius 1 is 1.11 bits per heavy atom. The highest BCUT2D eigenvalue weighted by Gasteiger charge is 2.24. The first-order valence-electron chi connectivity index (χ1n) is 10.9. The van der Waals surface area contributed by atoms with Crippen molar-refractivity contribution in [3.05, 3.63) is 79.9 Å². The predicted octanol–water partition coefficient (Wildman–Crippen LogP) is 4.40. The Balaban J connectivity index is 0.00000361. The first kappa shape index (κ1) is 27.4. The van der Waals surface area contributed by atoms with Crippen LogP contribution in [0.2, 0.25) is 0 Å². The topological polar surface area (TPSA) is 110 Å². The van der Waals surface area contributed by atoms with Gasteiger partial charge in [0.25, 0.3) is 5.56 Å². The van der Waals surface area contributed by atoms with E-state index < -0.39 is 21.3 Å². The Kier molecular flexibility index (Phi) is 7.64. The number of methoxy groups -OCH3 is 1. The van der Waals surface area contributed by atoms with E-state index in [1.54, 1.807) is 7.11 Å². The van der Waals surface area contributed by atoms with E-state index in [1.165, 1.54) is 28.2 Å². The van der Waals surface area contributed by atoms with Crippen molar-refractivity contribution in [3.63, 3.8) is 0 Å². The third-order valence-corrected chi connectivity index (χ3v) is 7.34. The molecule has 2 aromatic heterocycles. The standard InChI is InChI=1S/C25H27N3O5S2.CH4/c1-25(2,3)20-12-17(28-9-8-22(29)27-24(28)30)11-19(23(20)33-4)15-6-7-18-16(13-26-35(5,31)32)14-34-21(18)10-15;/h6-12,14,26H,13H2,1-5H3,(H,27,29,30);1H4. The van der Waals surface area contributed by atoms with Crippen molar-refractivity contribution in [2.75, 3.05) is 13.4 Å². The number of aromatic nitrogens is 2. The number of aromatic amines is 1. The monoisotopic (exact) mass is 529 g/mol. The van der Waals surface area contributed by atoms with Crippen LogP contribution in [0.15, 0.2) is 57.6 Å². The zero-order chi connectivity index (χ0) is 25.5. The van der Waals surface area contributed by atoms with E-state index >= 15 is 0 Å². The molecular formula is C26H31N3O5S2. The summed E-state index contributed by atoms with van der Waals surface area (Å²) in [6, 6.07) is 11.0. The van der Waals surface area contributed by atoms with Crippen LogP contribution in [0.1, 0.15) is 39.3 Å². The molecule has 2 N–H and O–H groups in total. The molecular weight excluding hydrogens is 498 g/mol. The average molecular weight is 530 g/mol. The Hall–Kier alpha value is -3.21. The van der Waals surface area contributed by atoms with Crippen LogP contribution >= 0.6 is 11.3 Å². The molecule has 2 heterocycles. The summed E-state index contributed by atoms with van der Waals surface area (Å²) in [6.45, 7) is 6.42. The fraction of sp³-hybridized carbons (Fsp3) is 0.308. The molecule has 0 bridgehead atoms. The van der Waals surface area contributed by atoms with Gasteiger partial charge in [-0.2, -0.15) is 0 Å². The highest BCUT2D eigenvalue weighted by molar-refractivity contribution is 7.88. The predicted molar refractivity (Wildman–Crippen MR) is 147 cm³/mol. The second kappa shape index (κ2) is 10.0. The number of rotatable bonds is 6. The summed E-state index contributed by atoms with van der Waals surface area (Å²) in [5, 5.41) is 2.92. The maximum absolute atomic E-state index is 12.5. The van der Waals surface area contributed by atoms with Gasteiger partial charge in [-0.05, 0) is 45.5 Å². The number of H-pyrrole nitrogens is 1. The Labute approximate surface area is 214 Å². The summed E-state index contributed by atoms with van der Waals surface area (Å²) in [6.07, 6.45) is 2.60. The minimum atomic E-state index is -3.30. The number of fused-ring (bicyclic) bond motifs is 1. The van der Waals surface area contributed by atoms with Gasteiger partial charge in [-0.3, -0.25) is 14.3 Å². The van der Waals surface area contributed by atoms with Gasteiger partial charge in [0.15, 0.2) is 0 Å². The van der Waals surface area contributed by atoms with Gasteiger partial charge in [0.1, 0.15) is 5.75 Å². The molecule has 0 aliphatic heterocycles. The van der Waals surface area contributed by atoms with Crippen molar-refractivity contribution in [2.45, 2.75) is 40.2 Å². The molecule has 2 aromatic carbocycles. The van der Waals surface area contributed by atoms with Gasteiger partial charge in [0, 0.05) is 34.6 Å². The first-order valence-corrected chi connectivity index (χ1v) is 13.6. The van der Waals surface area contributed by atoms with Crippen LogP contribution in [-0.4, -0.2) is 31.3 Å². The third-order valence-electron chi connectivity index (χ3n) is 5.68. The van der Waals surface area contributed by atoms with E-state index in [0.29, 0.717) is 11.4 Å². The molecule has 0 fully saturated rings. The molecule has 0 radical (unpaired) electrons. The number of hydrogen-bond acceptors (Lipinski definition) is 6. The Morgan fingerprint density at radius 3 is 2.44 bits per heavy atom. The lowest BCUT2D eigenvalue weighted by molar-refractivity contribution is 0.399. The van der Waals surface area contributed by atoms with E-state index in [9.17, 15) is 18.0 Å². The highest BCUT2D eigenvalue weighted by Crippen LogP contribution is 2.42. The van der Waals surface area contributed by atoms with E-state index in [0.717, 1.165) is 38.6 Å². The van der Waals surface area contributed by atoms with Crippen LogP contribution in [0.25, 0.3) is 26.9 Å². The fourth-order valence-electron chi connectivity index (χ4n) is 3.96. The van der Waals surface area contributed by atoms with Gasteiger partial charge in [-0.25, -0.2) is 17.9 Å². The lowest BCUT2D eigenvalue weighted by atomic mass is 9.83. The zero-order valence-corrected chi connectivity index (χ0v) is 21.8. The molecule has 4 aromatic rings. The van der Waals surface area contributed by atoms with Gasteiger partial charge in [0.2, 0.25) is 10.0 Å². The third kappa shape index (κ3) is 5.61. The molecule has 0 amide bonds. The highest BCUT2D eigenvalue weighted by atomic mass is 32.2. The second-order valence-electron chi connectivity index (χ2n) is 9.37. The average Bonchev–Trinajstić information content (AvgIpc) is 3.18. The number of nitrogens with zero attached hydrogens (tertiary/aromatic N) is 1. The number of sulfonamides is 1. The van der Waals surface area contributed by atoms with Crippen LogP contribution in [0.4, 0.5) is 0 Å². The van der Waals surface area contributed by atoms with Crippen LogP contribution in [0.5, 0.6) is 5.75 Å². The summed E-state index contributed by atoms with van der Waals surface area (Å²) >= 11 is 1.53.